The summed E-state index contributed by atoms with van der Waals surface area (Å²) in [5.74, 6) is 0.775. The van der Waals surface area contributed by atoms with Crippen LogP contribution in [0.2, 0.25) is 5.02 Å². The summed E-state index contributed by atoms with van der Waals surface area (Å²) in [6.07, 6.45) is 0.623. The number of carbonyl (C=O) groups excluding carboxylic acids is 1. The lowest BCUT2D eigenvalue weighted by atomic mass is 9.89. The highest BCUT2D eigenvalue weighted by molar-refractivity contribution is 6.30. The van der Waals surface area contributed by atoms with Gasteiger partial charge in [0.2, 0.25) is 0 Å². The maximum Gasteiger partial charge on any atom is 0.410 e. The number of amides is 1. The minimum absolute atomic E-state index is 0.222. The first kappa shape index (κ1) is 25.9. The van der Waals surface area contributed by atoms with Crippen LogP contribution in [-0.4, -0.2) is 41.3 Å². The molecule has 1 fully saturated rings. The van der Waals surface area contributed by atoms with Crippen LogP contribution in [-0.2, 0) is 17.7 Å². The monoisotopic (exact) mass is 506 g/mol. The molecule has 0 saturated carbocycles. The van der Waals surface area contributed by atoms with E-state index in [9.17, 15) is 9.90 Å². The first-order valence-electron chi connectivity index (χ1n) is 12.5. The number of para-hydroxylation sites is 1. The zero-order valence-electron chi connectivity index (χ0n) is 21.2. The minimum Gasteiger partial charge on any atom is -0.508 e. The zero-order valence-corrected chi connectivity index (χ0v) is 22.0. The molecule has 2 atom stereocenters. The van der Waals surface area contributed by atoms with Gasteiger partial charge in [0, 0.05) is 42.5 Å². The van der Waals surface area contributed by atoms with Gasteiger partial charge in [0.05, 0.1) is 0 Å². The van der Waals surface area contributed by atoms with E-state index >= 15 is 0 Å². The van der Waals surface area contributed by atoms with Crippen molar-refractivity contribution in [1.82, 2.24) is 4.90 Å². The molecule has 5 nitrogen and oxygen atoms in total. The number of hydrogen-bond donors (Lipinski definition) is 1. The second-order valence-electron chi connectivity index (χ2n) is 10.6. The van der Waals surface area contributed by atoms with Gasteiger partial charge in [-0.2, -0.15) is 0 Å². The first-order chi connectivity index (χ1) is 17.2. The van der Waals surface area contributed by atoms with Gasteiger partial charge in [-0.05, 0) is 74.9 Å². The maximum absolute atomic E-state index is 13.0. The highest BCUT2D eigenvalue weighted by Crippen LogP contribution is 2.32. The van der Waals surface area contributed by atoms with E-state index in [1.807, 2.05) is 74.2 Å². The van der Waals surface area contributed by atoms with Gasteiger partial charge >= 0.3 is 6.09 Å². The van der Waals surface area contributed by atoms with E-state index in [0.29, 0.717) is 24.7 Å². The second-order valence-corrected chi connectivity index (χ2v) is 11.0. The van der Waals surface area contributed by atoms with E-state index < -0.39 is 5.60 Å². The topological polar surface area (TPSA) is 53.0 Å². The Morgan fingerprint density at radius 1 is 0.972 bits per heavy atom. The highest BCUT2D eigenvalue weighted by Gasteiger charge is 2.38. The van der Waals surface area contributed by atoms with E-state index in [-0.39, 0.29) is 23.7 Å². The largest absolute Gasteiger partial charge is 0.508 e. The Hall–Kier alpha value is -3.18. The normalized spacial score (nSPS) is 17.7. The number of rotatable bonds is 7. The number of nitrogens with zero attached hydrogens (tertiary/aromatic N) is 2. The molecular weight excluding hydrogens is 472 g/mol. The van der Waals surface area contributed by atoms with Crippen LogP contribution in [0.1, 0.15) is 31.9 Å². The fourth-order valence-electron chi connectivity index (χ4n) is 4.82. The summed E-state index contributed by atoms with van der Waals surface area (Å²) in [4.78, 5) is 17.1. The Morgan fingerprint density at radius 2 is 1.61 bits per heavy atom. The van der Waals surface area contributed by atoms with Crippen molar-refractivity contribution in [3.63, 3.8) is 0 Å². The predicted molar refractivity (Wildman–Crippen MR) is 146 cm³/mol. The van der Waals surface area contributed by atoms with Crippen molar-refractivity contribution >= 4 is 23.4 Å². The molecule has 190 valence electrons. The summed E-state index contributed by atoms with van der Waals surface area (Å²) in [5.41, 5.74) is 2.60. The number of halogens is 1. The third-order valence-electron chi connectivity index (χ3n) is 6.57. The molecule has 3 aromatic rings. The van der Waals surface area contributed by atoms with Crippen molar-refractivity contribution in [2.24, 2.45) is 11.8 Å². The van der Waals surface area contributed by atoms with Gasteiger partial charge < -0.3 is 19.6 Å². The molecule has 1 aliphatic heterocycles. The highest BCUT2D eigenvalue weighted by atomic mass is 35.5. The Kier molecular flexibility index (Phi) is 8.10. The van der Waals surface area contributed by atoms with Crippen LogP contribution in [0.3, 0.4) is 0 Å². The first-order valence-corrected chi connectivity index (χ1v) is 12.8. The molecule has 0 unspecified atom stereocenters. The molecule has 36 heavy (non-hydrogen) atoms. The molecular formula is C30H35ClN2O3. The smallest absolute Gasteiger partial charge is 0.410 e. The molecule has 1 aliphatic rings. The van der Waals surface area contributed by atoms with Crippen LogP contribution in [0.15, 0.2) is 78.9 Å². The summed E-state index contributed by atoms with van der Waals surface area (Å²) in [7, 11) is 0. The Balaban J connectivity index is 1.60. The average molecular weight is 507 g/mol. The van der Waals surface area contributed by atoms with Gasteiger partial charge in [-0.3, -0.25) is 0 Å². The zero-order chi connectivity index (χ0) is 25.7. The number of benzene rings is 3. The molecule has 6 heteroatoms. The lowest BCUT2D eigenvalue weighted by Gasteiger charge is -2.30. The van der Waals surface area contributed by atoms with Crippen LogP contribution in [0, 0.1) is 11.8 Å². The van der Waals surface area contributed by atoms with Gasteiger partial charge in [0.1, 0.15) is 11.4 Å². The Bertz CT molecular complexity index is 1140. The molecule has 0 aromatic heterocycles. The predicted octanol–water partition coefficient (Wildman–Crippen LogP) is 6.78. The summed E-state index contributed by atoms with van der Waals surface area (Å²) >= 11 is 6.18. The number of phenolic OH excluding ortho intramolecular Hbond substituents is 1. The molecule has 3 aromatic carbocycles. The average Bonchev–Trinajstić information content (AvgIpc) is 3.22. The van der Waals surface area contributed by atoms with Crippen LogP contribution in [0.25, 0.3) is 0 Å². The fraction of sp³-hybridized carbons (Fsp3) is 0.367. The summed E-state index contributed by atoms with van der Waals surface area (Å²) < 4.78 is 5.71. The van der Waals surface area contributed by atoms with Crippen LogP contribution >= 0.6 is 11.6 Å². The lowest BCUT2D eigenvalue weighted by Crippen LogP contribution is -2.36. The van der Waals surface area contributed by atoms with E-state index in [4.69, 9.17) is 16.3 Å². The van der Waals surface area contributed by atoms with Crippen molar-refractivity contribution < 1.29 is 14.6 Å². The number of phenols is 1. The summed E-state index contributed by atoms with van der Waals surface area (Å²) in [5, 5.41) is 11.1. The van der Waals surface area contributed by atoms with Gasteiger partial charge in [-0.15, -0.1) is 0 Å². The maximum atomic E-state index is 13.0. The second kappa shape index (κ2) is 11.3. The number of hydrogen-bond acceptors (Lipinski definition) is 4. The third-order valence-corrected chi connectivity index (χ3v) is 6.82. The van der Waals surface area contributed by atoms with Crippen molar-refractivity contribution in [2.45, 2.75) is 39.3 Å². The molecule has 0 radical (unpaired) electrons. The van der Waals surface area contributed by atoms with E-state index in [1.54, 1.807) is 6.07 Å². The van der Waals surface area contributed by atoms with Crippen LogP contribution in [0.4, 0.5) is 10.5 Å². The van der Waals surface area contributed by atoms with Crippen molar-refractivity contribution in [1.29, 1.82) is 0 Å². The van der Waals surface area contributed by atoms with Crippen LogP contribution in [0.5, 0.6) is 5.75 Å². The van der Waals surface area contributed by atoms with Crippen molar-refractivity contribution in [3.05, 3.63) is 95.0 Å². The number of aromatic hydroxyl groups is 1. The molecule has 1 heterocycles. The van der Waals surface area contributed by atoms with Crippen molar-refractivity contribution in [3.8, 4) is 5.75 Å². The van der Waals surface area contributed by atoms with Gasteiger partial charge in [0.15, 0.2) is 0 Å². The van der Waals surface area contributed by atoms with Crippen LogP contribution < -0.4 is 4.90 Å². The summed E-state index contributed by atoms with van der Waals surface area (Å²) in [6, 6.07) is 25.7. The molecule has 4 rings (SSSR count). The SMILES string of the molecule is CC(C)(C)OC(=O)N1C[C@H](CN(Cc2ccccc2O)c2ccc(Cl)cc2)[C@@H](Cc2ccccc2)C1. The molecule has 0 spiro atoms. The number of carbonyl (C=O) groups is 1. The van der Waals surface area contributed by atoms with E-state index in [2.05, 4.69) is 29.2 Å². The van der Waals surface area contributed by atoms with Gasteiger partial charge in [-0.1, -0.05) is 60.1 Å². The Morgan fingerprint density at radius 3 is 2.28 bits per heavy atom. The lowest BCUT2D eigenvalue weighted by molar-refractivity contribution is 0.0284. The molecule has 0 bridgehead atoms. The molecule has 1 saturated heterocycles. The van der Waals surface area contributed by atoms with E-state index in [0.717, 1.165) is 24.2 Å². The fourth-order valence-corrected chi connectivity index (χ4v) is 4.94. The standard InChI is InChI=1S/C30H35ClN2O3/c1-30(2,3)36-29(35)33-19-24(17-22-9-5-4-6-10-22)25(21-33)20-32(27-15-13-26(31)14-16-27)18-23-11-7-8-12-28(23)34/h4-16,24-25,34H,17-21H2,1-3H3/t24-,25-/m0/s1. The van der Waals surface area contributed by atoms with E-state index in [1.165, 1.54) is 5.56 Å². The number of anilines is 1. The van der Waals surface area contributed by atoms with Gasteiger partial charge in [-0.25, -0.2) is 4.79 Å². The molecule has 1 N–H and O–H groups in total. The molecule has 1 amide bonds. The van der Waals surface area contributed by atoms with Gasteiger partial charge in [0.25, 0.3) is 0 Å². The minimum atomic E-state index is -0.537. The molecule has 0 aliphatic carbocycles. The Labute approximate surface area is 219 Å². The third kappa shape index (κ3) is 6.94. The quantitative estimate of drug-likeness (QED) is 0.384. The number of likely N-dealkylation sites (tertiary alicyclic amines) is 1. The number of ether oxygens (including phenoxy) is 1. The summed E-state index contributed by atoms with van der Waals surface area (Å²) in [6.45, 7) is 8.25. The van der Waals surface area contributed by atoms with Crippen molar-refractivity contribution in [2.75, 3.05) is 24.5 Å².